The largest absolute Gasteiger partial charge is 0.438 e. The maximum absolute atomic E-state index is 13.4. The van der Waals surface area contributed by atoms with E-state index in [0.29, 0.717) is 16.8 Å². The van der Waals surface area contributed by atoms with Crippen molar-refractivity contribution in [1.82, 2.24) is 14.9 Å². The zero-order chi connectivity index (χ0) is 26.0. The molecule has 0 aromatic carbocycles. The Morgan fingerprint density at radius 3 is 2.81 bits per heavy atom. The Morgan fingerprint density at radius 2 is 2.08 bits per heavy atom. The average Bonchev–Trinajstić information content (AvgIpc) is 3.13. The number of nitrogens with zero attached hydrogens (tertiary/aromatic N) is 4. The van der Waals surface area contributed by atoms with Gasteiger partial charge in [-0.3, -0.25) is 14.8 Å². The molecule has 194 valence electrons. The smallest absolute Gasteiger partial charge is 0.393 e. The fourth-order valence-electron chi connectivity index (χ4n) is 4.51. The van der Waals surface area contributed by atoms with Gasteiger partial charge in [0.2, 0.25) is 5.88 Å². The van der Waals surface area contributed by atoms with Crippen molar-refractivity contribution in [3.05, 3.63) is 41.9 Å². The SMILES string of the molecule is CN(C)CCCc1cnc2c(C(=O)Nc3cnccc3N3CC(N)CC(C(F)(F)F)C3)c(N)oc2c1. The second-order valence-corrected chi connectivity index (χ2v) is 9.42. The number of anilines is 3. The quantitative estimate of drug-likeness (QED) is 0.447. The van der Waals surface area contributed by atoms with Gasteiger partial charge < -0.3 is 31.0 Å². The van der Waals surface area contributed by atoms with Crippen molar-refractivity contribution in [2.24, 2.45) is 11.7 Å². The van der Waals surface area contributed by atoms with E-state index in [1.165, 1.54) is 17.3 Å². The van der Waals surface area contributed by atoms with E-state index in [0.717, 1.165) is 24.9 Å². The molecule has 1 aliphatic heterocycles. The van der Waals surface area contributed by atoms with E-state index in [2.05, 4.69) is 20.2 Å². The lowest BCUT2D eigenvalue weighted by Crippen LogP contribution is -2.51. The van der Waals surface area contributed by atoms with Crippen LogP contribution in [0.4, 0.5) is 30.4 Å². The lowest BCUT2D eigenvalue weighted by molar-refractivity contribution is -0.177. The summed E-state index contributed by atoms with van der Waals surface area (Å²) in [5, 5.41) is 2.72. The van der Waals surface area contributed by atoms with E-state index in [9.17, 15) is 18.0 Å². The van der Waals surface area contributed by atoms with E-state index in [4.69, 9.17) is 15.9 Å². The number of carbonyl (C=O) groups excluding carboxylic acids is 1. The van der Waals surface area contributed by atoms with Crippen LogP contribution in [-0.4, -0.2) is 66.7 Å². The van der Waals surface area contributed by atoms with E-state index >= 15 is 0 Å². The summed E-state index contributed by atoms with van der Waals surface area (Å²) in [6.45, 7) is 0.873. The molecule has 0 spiro atoms. The molecule has 1 amide bonds. The predicted octanol–water partition coefficient (Wildman–Crippen LogP) is 3.27. The minimum atomic E-state index is -4.37. The summed E-state index contributed by atoms with van der Waals surface area (Å²) in [5.74, 6) is -2.26. The maximum Gasteiger partial charge on any atom is 0.393 e. The van der Waals surface area contributed by atoms with Crippen LogP contribution in [0.25, 0.3) is 11.1 Å². The highest BCUT2D eigenvalue weighted by Crippen LogP contribution is 2.37. The van der Waals surface area contributed by atoms with Crippen molar-refractivity contribution in [2.45, 2.75) is 31.5 Å². The van der Waals surface area contributed by atoms with Gasteiger partial charge in [-0.25, -0.2) is 0 Å². The standard InChI is InChI=1S/C24H30F3N7O2/c1-33(2)7-3-4-14-8-19-21(31-10-14)20(22(29)36-19)23(35)32-17-11-30-6-5-18(17)34-12-15(24(25,26)27)9-16(28)13-34/h5-6,8,10-11,15-16H,3-4,7,9,12-13,28-29H2,1-2H3,(H,32,35). The fraction of sp³-hybridized carbons (Fsp3) is 0.458. The van der Waals surface area contributed by atoms with Gasteiger partial charge in [-0.1, -0.05) is 0 Å². The molecule has 4 rings (SSSR count). The van der Waals surface area contributed by atoms with E-state index in [1.54, 1.807) is 12.3 Å². The van der Waals surface area contributed by atoms with E-state index in [1.807, 2.05) is 20.2 Å². The second kappa shape index (κ2) is 10.3. The molecule has 9 nitrogen and oxygen atoms in total. The summed E-state index contributed by atoms with van der Waals surface area (Å²) in [7, 11) is 4.00. The molecular formula is C24H30F3N7O2. The van der Waals surface area contributed by atoms with Crippen molar-refractivity contribution in [2.75, 3.05) is 49.7 Å². The van der Waals surface area contributed by atoms with Gasteiger partial charge in [-0.15, -0.1) is 0 Å². The number of halogens is 3. The molecule has 2 atom stereocenters. The van der Waals surface area contributed by atoms with Crippen molar-refractivity contribution < 1.29 is 22.4 Å². The topological polar surface area (TPSA) is 127 Å². The molecule has 3 aromatic heterocycles. The van der Waals surface area contributed by atoms with Gasteiger partial charge in [0, 0.05) is 31.5 Å². The Hall–Kier alpha value is -3.38. The molecule has 0 saturated carbocycles. The number of fused-ring (bicyclic) bond motifs is 1. The first-order chi connectivity index (χ1) is 17.0. The highest BCUT2D eigenvalue weighted by atomic mass is 19.4. The number of hydrogen-bond donors (Lipinski definition) is 3. The molecule has 4 heterocycles. The number of aromatic nitrogens is 2. The van der Waals surface area contributed by atoms with Gasteiger partial charge in [-0.05, 0) is 57.6 Å². The molecule has 1 aliphatic rings. The van der Waals surface area contributed by atoms with Crippen LogP contribution < -0.4 is 21.7 Å². The molecule has 1 fully saturated rings. The van der Waals surface area contributed by atoms with Crippen LogP contribution in [0.5, 0.6) is 0 Å². The number of nitrogen functional groups attached to an aromatic ring is 1. The predicted molar refractivity (Wildman–Crippen MR) is 132 cm³/mol. The zero-order valence-electron chi connectivity index (χ0n) is 20.2. The second-order valence-electron chi connectivity index (χ2n) is 9.42. The minimum absolute atomic E-state index is 0.0585. The first-order valence-corrected chi connectivity index (χ1v) is 11.7. The van der Waals surface area contributed by atoms with Crippen molar-refractivity contribution in [3.63, 3.8) is 0 Å². The summed E-state index contributed by atoms with van der Waals surface area (Å²) in [6, 6.07) is 2.70. The number of alkyl halides is 3. The molecule has 5 N–H and O–H groups in total. The Labute approximate surface area is 206 Å². The number of carbonyl (C=O) groups is 1. The first kappa shape index (κ1) is 25.7. The summed E-state index contributed by atoms with van der Waals surface area (Å²) in [5.41, 5.74) is 14.3. The summed E-state index contributed by atoms with van der Waals surface area (Å²) in [6.07, 6.45) is 1.73. The average molecular weight is 506 g/mol. The number of pyridine rings is 2. The van der Waals surface area contributed by atoms with Gasteiger partial charge in [0.1, 0.15) is 11.1 Å². The Morgan fingerprint density at radius 1 is 1.31 bits per heavy atom. The fourth-order valence-corrected chi connectivity index (χ4v) is 4.51. The summed E-state index contributed by atoms with van der Waals surface area (Å²) in [4.78, 5) is 25.3. The van der Waals surface area contributed by atoms with Gasteiger partial charge in [0.15, 0.2) is 5.58 Å². The number of hydrogen-bond acceptors (Lipinski definition) is 8. The van der Waals surface area contributed by atoms with Gasteiger partial charge in [-0.2, -0.15) is 13.2 Å². The van der Waals surface area contributed by atoms with Gasteiger partial charge >= 0.3 is 6.18 Å². The van der Waals surface area contributed by atoms with Crippen molar-refractivity contribution in [1.29, 1.82) is 0 Å². The number of rotatable bonds is 7. The molecule has 1 saturated heterocycles. The number of aryl methyl sites for hydroxylation is 1. The summed E-state index contributed by atoms with van der Waals surface area (Å²) < 4.78 is 45.9. The molecule has 2 unspecified atom stereocenters. The van der Waals surface area contributed by atoms with Crippen LogP contribution in [0, 0.1) is 5.92 Å². The third-order valence-electron chi connectivity index (χ3n) is 6.24. The van der Waals surface area contributed by atoms with Crippen LogP contribution in [0.15, 0.2) is 35.1 Å². The lowest BCUT2D eigenvalue weighted by Gasteiger charge is -2.39. The number of amides is 1. The molecule has 0 aliphatic carbocycles. The lowest BCUT2D eigenvalue weighted by atomic mass is 9.93. The molecule has 0 radical (unpaired) electrons. The van der Waals surface area contributed by atoms with Crippen molar-refractivity contribution >= 4 is 34.3 Å². The molecule has 3 aromatic rings. The Kier molecular flexibility index (Phi) is 7.36. The molecular weight excluding hydrogens is 475 g/mol. The van der Waals surface area contributed by atoms with Gasteiger partial charge in [0.25, 0.3) is 5.91 Å². The first-order valence-electron chi connectivity index (χ1n) is 11.7. The van der Waals surface area contributed by atoms with Crippen LogP contribution in [0.2, 0.25) is 0 Å². The van der Waals surface area contributed by atoms with Crippen LogP contribution in [0.3, 0.4) is 0 Å². The highest BCUT2D eigenvalue weighted by molar-refractivity contribution is 6.15. The van der Waals surface area contributed by atoms with Gasteiger partial charge in [0.05, 0.1) is 23.5 Å². The number of piperidine rings is 1. The molecule has 0 bridgehead atoms. The Balaban J connectivity index is 1.56. The van der Waals surface area contributed by atoms with Crippen LogP contribution >= 0.6 is 0 Å². The van der Waals surface area contributed by atoms with Crippen molar-refractivity contribution in [3.8, 4) is 0 Å². The number of nitrogens with one attached hydrogen (secondary N) is 1. The monoisotopic (exact) mass is 505 g/mol. The summed E-state index contributed by atoms with van der Waals surface area (Å²) >= 11 is 0. The third-order valence-corrected chi connectivity index (χ3v) is 6.24. The highest BCUT2D eigenvalue weighted by Gasteiger charge is 2.44. The molecule has 12 heteroatoms. The number of furan rings is 1. The Bertz CT molecular complexity index is 1230. The minimum Gasteiger partial charge on any atom is -0.438 e. The third kappa shape index (κ3) is 5.71. The van der Waals surface area contributed by atoms with E-state index in [-0.39, 0.29) is 36.6 Å². The van der Waals surface area contributed by atoms with E-state index < -0.39 is 24.0 Å². The number of nitrogens with two attached hydrogens (primary N) is 2. The normalized spacial score (nSPS) is 18.7. The van der Waals surface area contributed by atoms with Crippen LogP contribution in [-0.2, 0) is 6.42 Å². The maximum atomic E-state index is 13.4. The zero-order valence-corrected chi connectivity index (χ0v) is 20.2. The molecule has 36 heavy (non-hydrogen) atoms. The van der Waals surface area contributed by atoms with Crippen LogP contribution in [0.1, 0.15) is 28.8 Å².